The number of methoxy groups -OCH3 is 1. The van der Waals surface area contributed by atoms with E-state index in [0.717, 1.165) is 28.2 Å². The Morgan fingerprint density at radius 2 is 2.08 bits per heavy atom. The second kappa shape index (κ2) is 7.60. The van der Waals surface area contributed by atoms with Gasteiger partial charge in [-0.25, -0.2) is 4.98 Å². The number of nitrogens with zero attached hydrogens (tertiary/aromatic N) is 2. The van der Waals surface area contributed by atoms with E-state index in [-0.39, 0.29) is 17.9 Å². The number of aryl methyl sites for hydroxylation is 1. The molecular weight excluding hydrogens is 326 g/mol. The molecule has 136 valence electrons. The first-order chi connectivity index (χ1) is 12.5. The van der Waals surface area contributed by atoms with Gasteiger partial charge in [0.05, 0.1) is 12.8 Å². The van der Waals surface area contributed by atoms with Gasteiger partial charge in [-0.05, 0) is 56.2 Å². The summed E-state index contributed by atoms with van der Waals surface area (Å²) >= 11 is 0. The second-order valence-corrected chi connectivity index (χ2v) is 6.87. The van der Waals surface area contributed by atoms with Crippen LogP contribution in [0.2, 0.25) is 0 Å². The van der Waals surface area contributed by atoms with Gasteiger partial charge in [0.15, 0.2) is 0 Å². The molecule has 0 aliphatic carbocycles. The highest BCUT2D eigenvalue weighted by Gasteiger charge is 2.22. The van der Waals surface area contributed by atoms with Gasteiger partial charge >= 0.3 is 0 Å². The maximum atomic E-state index is 12.5. The minimum absolute atomic E-state index is 0.0230. The predicted octanol–water partition coefficient (Wildman–Crippen LogP) is 3.70. The fraction of sp³-hybridized carbons (Fsp3) is 0.333. The molecule has 1 amide bonds. The van der Waals surface area contributed by atoms with Crippen LogP contribution in [0.3, 0.4) is 0 Å². The van der Waals surface area contributed by atoms with Crippen LogP contribution < -0.4 is 10.1 Å². The number of imidazole rings is 1. The molecule has 2 aromatic heterocycles. The molecule has 1 atom stereocenters. The molecule has 26 heavy (non-hydrogen) atoms. The number of pyridine rings is 1. The summed E-state index contributed by atoms with van der Waals surface area (Å²) in [6, 6.07) is 12.1. The van der Waals surface area contributed by atoms with Crippen molar-refractivity contribution in [3.05, 3.63) is 65.6 Å². The maximum absolute atomic E-state index is 12.5. The van der Waals surface area contributed by atoms with Gasteiger partial charge in [0, 0.05) is 30.8 Å². The number of rotatable bonds is 6. The van der Waals surface area contributed by atoms with E-state index in [0.29, 0.717) is 6.42 Å². The third-order valence-electron chi connectivity index (χ3n) is 4.39. The summed E-state index contributed by atoms with van der Waals surface area (Å²) < 4.78 is 7.43. The highest BCUT2D eigenvalue weighted by atomic mass is 16.5. The monoisotopic (exact) mass is 351 g/mol. The topological polar surface area (TPSA) is 55.6 Å². The third kappa shape index (κ3) is 3.87. The number of amides is 1. The van der Waals surface area contributed by atoms with Gasteiger partial charge in [-0.3, -0.25) is 4.79 Å². The van der Waals surface area contributed by atoms with Crippen molar-refractivity contribution in [3.63, 3.8) is 0 Å². The van der Waals surface area contributed by atoms with E-state index >= 15 is 0 Å². The summed E-state index contributed by atoms with van der Waals surface area (Å²) in [6.45, 7) is 5.98. The number of carbonyl (C=O) groups excluding carboxylic acids is 1. The first-order valence-corrected chi connectivity index (χ1v) is 8.85. The molecule has 0 saturated carbocycles. The average molecular weight is 351 g/mol. The molecule has 0 fully saturated rings. The van der Waals surface area contributed by atoms with Crippen LogP contribution in [0, 0.1) is 6.92 Å². The molecule has 0 saturated heterocycles. The van der Waals surface area contributed by atoms with E-state index < -0.39 is 0 Å². The second-order valence-electron chi connectivity index (χ2n) is 6.87. The van der Waals surface area contributed by atoms with Crippen molar-refractivity contribution in [3.8, 4) is 5.75 Å². The third-order valence-corrected chi connectivity index (χ3v) is 4.39. The Morgan fingerprint density at radius 3 is 2.81 bits per heavy atom. The van der Waals surface area contributed by atoms with Crippen molar-refractivity contribution in [2.45, 2.75) is 39.2 Å². The number of benzene rings is 1. The Bertz CT molecular complexity index is 915. The summed E-state index contributed by atoms with van der Waals surface area (Å²) in [5.74, 6) is 0.692. The lowest BCUT2D eigenvalue weighted by atomic mass is 9.92. The minimum Gasteiger partial charge on any atom is -0.497 e. The molecule has 0 bridgehead atoms. The van der Waals surface area contributed by atoms with Gasteiger partial charge in [-0.1, -0.05) is 12.1 Å². The van der Waals surface area contributed by atoms with E-state index in [1.807, 2.05) is 63.5 Å². The molecule has 0 aliphatic heterocycles. The van der Waals surface area contributed by atoms with Crippen LogP contribution >= 0.6 is 0 Å². The maximum Gasteiger partial charge on any atom is 0.221 e. The Kier molecular flexibility index (Phi) is 5.26. The summed E-state index contributed by atoms with van der Waals surface area (Å²) in [6.07, 6.45) is 4.23. The summed E-state index contributed by atoms with van der Waals surface area (Å²) in [5.41, 5.74) is 4.07. The molecule has 0 aliphatic rings. The zero-order valence-electron chi connectivity index (χ0n) is 15.7. The van der Waals surface area contributed by atoms with Gasteiger partial charge in [0.25, 0.3) is 0 Å². The molecule has 0 unspecified atom stereocenters. The first-order valence-electron chi connectivity index (χ1n) is 8.85. The first kappa shape index (κ1) is 18.0. The van der Waals surface area contributed by atoms with Gasteiger partial charge < -0.3 is 14.5 Å². The van der Waals surface area contributed by atoms with Crippen molar-refractivity contribution in [2.24, 2.45) is 0 Å². The summed E-state index contributed by atoms with van der Waals surface area (Å²) in [4.78, 5) is 17.0. The Balaban J connectivity index is 2.05. The highest BCUT2D eigenvalue weighted by molar-refractivity contribution is 5.77. The van der Waals surface area contributed by atoms with Crippen molar-refractivity contribution in [1.29, 1.82) is 0 Å². The molecule has 0 spiro atoms. The standard InChI is InChI=1S/C21H25N3O2/c1-14(2)23-21(25)12-18(16-6-5-7-17(11-16)26-4)19-13-22-20-10-15(3)8-9-24(19)20/h5-11,13-14,18H,12H2,1-4H3,(H,23,25)/t18-/m1/s1. The number of fused-ring (bicyclic) bond motifs is 1. The predicted molar refractivity (Wildman–Crippen MR) is 103 cm³/mol. The number of ether oxygens (including phenoxy) is 1. The highest BCUT2D eigenvalue weighted by Crippen LogP contribution is 2.31. The van der Waals surface area contributed by atoms with Crippen LogP contribution in [-0.2, 0) is 4.79 Å². The fourth-order valence-electron chi connectivity index (χ4n) is 3.18. The van der Waals surface area contributed by atoms with E-state index in [9.17, 15) is 4.79 Å². The van der Waals surface area contributed by atoms with E-state index in [4.69, 9.17) is 4.74 Å². The Morgan fingerprint density at radius 1 is 1.27 bits per heavy atom. The van der Waals surface area contributed by atoms with Gasteiger partial charge in [-0.2, -0.15) is 0 Å². The zero-order chi connectivity index (χ0) is 18.7. The minimum atomic E-state index is -0.110. The van der Waals surface area contributed by atoms with Crippen LogP contribution in [0.5, 0.6) is 5.75 Å². The largest absolute Gasteiger partial charge is 0.497 e. The normalized spacial score (nSPS) is 12.3. The van der Waals surface area contributed by atoms with E-state index in [1.54, 1.807) is 7.11 Å². The molecule has 5 heteroatoms. The van der Waals surface area contributed by atoms with Gasteiger partial charge in [0.1, 0.15) is 11.4 Å². The molecule has 3 aromatic rings. The van der Waals surface area contributed by atoms with Crippen LogP contribution in [0.4, 0.5) is 0 Å². The molecule has 1 N–H and O–H groups in total. The van der Waals surface area contributed by atoms with Gasteiger partial charge in [-0.15, -0.1) is 0 Å². The SMILES string of the molecule is COc1cccc([C@@H](CC(=O)NC(C)C)c2cnc3cc(C)ccn23)c1. The summed E-state index contributed by atoms with van der Waals surface area (Å²) in [7, 11) is 1.65. The lowest BCUT2D eigenvalue weighted by molar-refractivity contribution is -0.121. The van der Waals surface area contributed by atoms with Crippen LogP contribution in [-0.4, -0.2) is 28.4 Å². The average Bonchev–Trinajstić information content (AvgIpc) is 3.01. The van der Waals surface area contributed by atoms with E-state index in [2.05, 4.69) is 20.8 Å². The Hall–Kier alpha value is -2.82. The number of aromatic nitrogens is 2. The Labute approximate surface area is 154 Å². The number of hydrogen-bond acceptors (Lipinski definition) is 3. The van der Waals surface area contributed by atoms with Crippen molar-refractivity contribution in [1.82, 2.24) is 14.7 Å². The quantitative estimate of drug-likeness (QED) is 0.737. The zero-order valence-corrected chi connectivity index (χ0v) is 15.7. The smallest absolute Gasteiger partial charge is 0.221 e. The number of carbonyl (C=O) groups is 1. The van der Waals surface area contributed by atoms with Gasteiger partial charge in [0.2, 0.25) is 5.91 Å². The molecule has 2 heterocycles. The lowest BCUT2D eigenvalue weighted by Gasteiger charge is -2.19. The molecule has 5 nitrogen and oxygen atoms in total. The number of nitrogens with one attached hydrogen (secondary N) is 1. The molecule has 0 radical (unpaired) electrons. The molecule has 1 aromatic carbocycles. The molecule has 3 rings (SSSR count). The molecular formula is C21H25N3O2. The van der Waals surface area contributed by atoms with Crippen LogP contribution in [0.1, 0.15) is 43.0 Å². The van der Waals surface area contributed by atoms with Crippen LogP contribution in [0.25, 0.3) is 5.65 Å². The van der Waals surface area contributed by atoms with Crippen molar-refractivity contribution in [2.75, 3.05) is 7.11 Å². The fourth-order valence-corrected chi connectivity index (χ4v) is 3.18. The van der Waals surface area contributed by atoms with E-state index in [1.165, 1.54) is 0 Å². The summed E-state index contributed by atoms with van der Waals surface area (Å²) in [5, 5.41) is 2.99. The number of hydrogen-bond donors (Lipinski definition) is 1. The van der Waals surface area contributed by atoms with Crippen LogP contribution in [0.15, 0.2) is 48.8 Å². The van der Waals surface area contributed by atoms with Crippen molar-refractivity contribution < 1.29 is 9.53 Å². The lowest BCUT2D eigenvalue weighted by Crippen LogP contribution is -2.31. The van der Waals surface area contributed by atoms with Crippen molar-refractivity contribution >= 4 is 11.6 Å².